The van der Waals surface area contributed by atoms with Crippen molar-refractivity contribution in [2.75, 3.05) is 36.0 Å². The Morgan fingerprint density at radius 2 is 1.88 bits per heavy atom. The highest BCUT2D eigenvalue weighted by Crippen LogP contribution is 2.23. The molecule has 0 saturated carbocycles. The minimum absolute atomic E-state index is 0.0919. The van der Waals surface area contributed by atoms with E-state index in [9.17, 15) is 13.2 Å². The predicted octanol–water partition coefficient (Wildman–Crippen LogP) is 1.28. The van der Waals surface area contributed by atoms with E-state index in [0.717, 1.165) is 0 Å². The summed E-state index contributed by atoms with van der Waals surface area (Å²) < 4.78 is 23.6. The van der Waals surface area contributed by atoms with Crippen LogP contribution >= 0.6 is 0 Å². The second-order valence-electron chi connectivity index (χ2n) is 5.98. The molecule has 1 aliphatic heterocycles. The van der Waals surface area contributed by atoms with Gasteiger partial charge in [0.2, 0.25) is 0 Å². The molecule has 2 heterocycles. The maximum absolute atomic E-state index is 12.6. The normalized spacial score (nSPS) is 19.2. The van der Waals surface area contributed by atoms with Gasteiger partial charge in [0.15, 0.2) is 9.84 Å². The molecule has 1 amide bonds. The summed E-state index contributed by atoms with van der Waals surface area (Å²) >= 11 is 0. The van der Waals surface area contributed by atoms with Gasteiger partial charge in [-0.3, -0.25) is 4.79 Å². The first-order valence-corrected chi connectivity index (χ1v) is 10.2. The Morgan fingerprint density at radius 3 is 2.38 bits per heavy atom. The molecular weight excluding hydrogens is 328 g/mol. The third kappa shape index (κ3) is 4.03. The Hall–Kier alpha value is -1.70. The molecule has 1 aromatic rings. The van der Waals surface area contributed by atoms with E-state index in [1.54, 1.807) is 17.9 Å². The standard InChI is InChI=1S/C16H26N4O3S/c1-5-19(6-2)16(21)14-10-15(18-12(4)17-14)20(7-3)13-8-9-24(22,23)11-13/h10,13H,5-9,11H2,1-4H3. The van der Waals surface area contributed by atoms with Crippen molar-refractivity contribution in [1.82, 2.24) is 14.9 Å². The molecule has 8 heteroatoms. The van der Waals surface area contributed by atoms with E-state index in [0.29, 0.717) is 43.4 Å². The third-order valence-electron chi connectivity index (χ3n) is 4.38. The van der Waals surface area contributed by atoms with Gasteiger partial charge in [0.1, 0.15) is 17.3 Å². The quantitative estimate of drug-likeness (QED) is 0.765. The number of aryl methyl sites for hydroxylation is 1. The summed E-state index contributed by atoms with van der Waals surface area (Å²) in [6, 6.07) is 1.59. The van der Waals surface area contributed by atoms with Crippen molar-refractivity contribution >= 4 is 21.6 Å². The average Bonchev–Trinajstić information content (AvgIpc) is 2.88. The molecule has 0 bridgehead atoms. The van der Waals surface area contributed by atoms with Gasteiger partial charge >= 0.3 is 0 Å². The van der Waals surface area contributed by atoms with Crippen molar-refractivity contribution in [3.63, 3.8) is 0 Å². The minimum atomic E-state index is -2.98. The molecule has 0 aromatic carbocycles. The zero-order valence-electron chi connectivity index (χ0n) is 14.8. The predicted molar refractivity (Wildman–Crippen MR) is 94.1 cm³/mol. The van der Waals surface area contributed by atoms with Crippen LogP contribution < -0.4 is 4.90 Å². The Labute approximate surface area is 144 Å². The maximum Gasteiger partial charge on any atom is 0.272 e. The van der Waals surface area contributed by atoms with Crippen LogP contribution in [-0.2, 0) is 9.84 Å². The van der Waals surface area contributed by atoms with Gasteiger partial charge in [-0.25, -0.2) is 18.4 Å². The van der Waals surface area contributed by atoms with Gasteiger partial charge in [0.05, 0.1) is 11.5 Å². The van der Waals surface area contributed by atoms with Gasteiger partial charge in [0.25, 0.3) is 5.91 Å². The molecule has 134 valence electrons. The first-order valence-electron chi connectivity index (χ1n) is 8.43. The molecule has 1 fully saturated rings. The maximum atomic E-state index is 12.6. The van der Waals surface area contributed by atoms with Crippen LogP contribution in [0.1, 0.15) is 43.5 Å². The number of sulfone groups is 1. The molecule has 1 aromatic heterocycles. The van der Waals surface area contributed by atoms with Crippen molar-refractivity contribution in [2.45, 2.75) is 40.2 Å². The zero-order chi connectivity index (χ0) is 17.9. The van der Waals surface area contributed by atoms with Crippen LogP contribution in [-0.4, -0.2) is 66.4 Å². The number of anilines is 1. The molecule has 0 aliphatic carbocycles. The summed E-state index contributed by atoms with van der Waals surface area (Å²) in [5, 5.41) is 0. The summed E-state index contributed by atoms with van der Waals surface area (Å²) in [6.07, 6.45) is 0.596. The van der Waals surface area contributed by atoms with Crippen LogP contribution in [0, 0.1) is 6.92 Å². The SMILES string of the molecule is CCN(CC)C(=O)c1cc(N(CC)C2CCS(=O)(=O)C2)nc(C)n1. The molecule has 1 aliphatic rings. The van der Waals surface area contributed by atoms with Gasteiger partial charge in [-0.1, -0.05) is 0 Å². The third-order valence-corrected chi connectivity index (χ3v) is 6.13. The van der Waals surface area contributed by atoms with E-state index < -0.39 is 9.84 Å². The van der Waals surface area contributed by atoms with Gasteiger partial charge in [-0.15, -0.1) is 0 Å². The first kappa shape index (κ1) is 18.6. The Morgan fingerprint density at radius 1 is 1.21 bits per heavy atom. The summed E-state index contributed by atoms with van der Waals surface area (Å²) in [5.41, 5.74) is 0.362. The van der Waals surface area contributed by atoms with Crippen molar-refractivity contribution in [3.05, 3.63) is 17.6 Å². The molecule has 24 heavy (non-hydrogen) atoms. The average molecular weight is 354 g/mol. The van der Waals surface area contributed by atoms with Crippen LogP contribution in [0.15, 0.2) is 6.07 Å². The number of nitrogens with zero attached hydrogens (tertiary/aromatic N) is 4. The van der Waals surface area contributed by atoms with E-state index in [1.807, 2.05) is 25.7 Å². The van der Waals surface area contributed by atoms with Crippen LogP contribution in [0.3, 0.4) is 0 Å². The van der Waals surface area contributed by atoms with Gasteiger partial charge < -0.3 is 9.80 Å². The summed E-state index contributed by atoms with van der Waals surface area (Å²) in [5.74, 6) is 1.37. The van der Waals surface area contributed by atoms with Crippen molar-refractivity contribution in [1.29, 1.82) is 0 Å². The minimum Gasteiger partial charge on any atom is -0.353 e. The monoisotopic (exact) mass is 354 g/mol. The molecule has 2 rings (SSSR count). The summed E-state index contributed by atoms with van der Waals surface area (Å²) in [6.45, 7) is 9.44. The van der Waals surface area contributed by atoms with E-state index in [1.165, 1.54) is 0 Å². The van der Waals surface area contributed by atoms with Gasteiger partial charge in [0, 0.05) is 31.7 Å². The molecule has 7 nitrogen and oxygen atoms in total. The molecule has 1 saturated heterocycles. The van der Waals surface area contributed by atoms with Gasteiger partial charge in [-0.05, 0) is 34.1 Å². The number of rotatable bonds is 6. The van der Waals surface area contributed by atoms with Crippen LogP contribution in [0.25, 0.3) is 0 Å². The number of amides is 1. The van der Waals surface area contributed by atoms with E-state index in [2.05, 4.69) is 9.97 Å². The number of hydrogen-bond donors (Lipinski definition) is 0. The lowest BCUT2D eigenvalue weighted by atomic mass is 10.2. The summed E-state index contributed by atoms with van der Waals surface area (Å²) in [4.78, 5) is 25.0. The number of carbonyl (C=O) groups is 1. The van der Waals surface area contributed by atoms with Crippen molar-refractivity contribution in [3.8, 4) is 0 Å². The number of carbonyl (C=O) groups excluding carboxylic acids is 1. The highest BCUT2D eigenvalue weighted by atomic mass is 32.2. The fourth-order valence-corrected chi connectivity index (χ4v) is 4.84. The van der Waals surface area contributed by atoms with Crippen molar-refractivity contribution < 1.29 is 13.2 Å². The largest absolute Gasteiger partial charge is 0.353 e. The Kier molecular flexibility index (Phi) is 5.79. The highest BCUT2D eigenvalue weighted by Gasteiger charge is 2.32. The van der Waals surface area contributed by atoms with E-state index in [-0.39, 0.29) is 23.5 Å². The first-order chi connectivity index (χ1) is 11.3. The molecule has 0 spiro atoms. The van der Waals surface area contributed by atoms with E-state index >= 15 is 0 Å². The topological polar surface area (TPSA) is 83.5 Å². The van der Waals surface area contributed by atoms with Crippen molar-refractivity contribution in [2.24, 2.45) is 0 Å². The fraction of sp³-hybridized carbons (Fsp3) is 0.688. The molecular formula is C16H26N4O3S. The second kappa shape index (κ2) is 7.46. The Balaban J connectivity index is 2.34. The van der Waals surface area contributed by atoms with Crippen LogP contribution in [0.4, 0.5) is 5.82 Å². The molecule has 0 radical (unpaired) electrons. The number of aromatic nitrogens is 2. The van der Waals surface area contributed by atoms with E-state index in [4.69, 9.17) is 0 Å². The summed E-state index contributed by atoms with van der Waals surface area (Å²) in [7, 11) is -2.98. The van der Waals surface area contributed by atoms with Gasteiger partial charge in [-0.2, -0.15) is 0 Å². The second-order valence-corrected chi connectivity index (χ2v) is 8.21. The van der Waals surface area contributed by atoms with Crippen LogP contribution in [0.2, 0.25) is 0 Å². The number of hydrogen-bond acceptors (Lipinski definition) is 6. The lowest BCUT2D eigenvalue weighted by Gasteiger charge is -2.28. The molecule has 1 atom stereocenters. The Bertz CT molecular complexity index is 701. The zero-order valence-corrected chi connectivity index (χ0v) is 15.6. The lowest BCUT2D eigenvalue weighted by Crippen LogP contribution is -2.37. The lowest BCUT2D eigenvalue weighted by molar-refractivity contribution is 0.0766. The highest BCUT2D eigenvalue weighted by molar-refractivity contribution is 7.91. The van der Waals surface area contributed by atoms with Crippen LogP contribution in [0.5, 0.6) is 0 Å². The smallest absolute Gasteiger partial charge is 0.272 e. The fourth-order valence-electron chi connectivity index (χ4n) is 3.11. The molecule has 0 N–H and O–H groups in total. The molecule has 1 unspecified atom stereocenters.